The zero-order valence-corrected chi connectivity index (χ0v) is 13.7. The Morgan fingerprint density at radius 2 is 2.12 bits per heavy atom. The maximum atomic E-state index is 12.7. The number of carbonyl (C=O) groups is 1. The van der Waals surface area contributed by atoms with E-state index in [2.05, 4.69) is 6.58 Å². The highest BCUT2D eigenvalue weighted by atomic mass is 19.3. The highest BCUT2D eigenvalue weighted by Gasteiger charge is 2.48. The molecule has 0 aromatic heterocycles. The monoisotopic (exact) mass is 335 g/mol. The molecule has 2 aliphatic rings. The highest BCUT2D eigenvalue weighted by Crippen LogP contribution is 2.48. The Balaban J connectivity index is 1.74. The molecule has 1 heterocycles. The van der Waals surface area contributed by atoms with E-state index in [0.717, 1.165) is 37.9 Å². The summed E-state index contributed by atoms with van der Waals surface area (Å²) in [7, 11) is 0. The minimum Gasteiger partial charge on any atom is -0.378 e. The zero-order chi connectivity index (χ0) is 17.2. The second kappa shape index (κ2) is 7.01. The molecule has 2 fully saturated rings. The van der Waals surface area contributed by atoms with Crippen molar-refractivity contribution in [1.29, 1.82) is 0 Å². The molecule has 1 amide bonds. The van der Waals surface area contributed by atoms with Crippen LogP contribution in [0.5, 0.6) is 0 Å². The van der Waals surface area contributed by atoms with Gasteiger partial charge in [-0.05, 0) is 30.9 Å². The Kier molecular flexibility index (Phi) is 4.99. The van der Waals surface area contributed by atoms with E-state index < -0.39 is 6.43 Å². The first-order chi connectivity index (χ1) is 11.5. The van der Waals surface area contributed by atoms with E-state index in [-0.39, 0.29) is 23.0 Å². The summed E-state index contributed by atoms with van der Waals surface area (Å²) < 4.78 is 31.2. The largest absolute Gasteiger partial charge is 0.378 e. The molecule has 0 N–H and O–H groups in total. The van der Waals surface area contributed by atoms with Gasteiger partial charge in [0.1, 0.15) is 0 Å². The number of halogens is 2. The van der Waals surface area contributed by atoms with E-state index >= 15 is 0 Å². The van der Waals surface area contributed by atoms with Crippen LogP contribution in [0.25, 0.3) is 0 Å². The van der Waals surface area contributed by atoms with Crippen molar-refractivity contribution < 1.29 is 18.3 Å². The zero-order valence-electron chi connectivity index (χ0n) is 13.7. The number of fused-ring (bicyclic) bond motifs is 1. The summed E-state index contributed by atoms with van der Waals surface area (Å²) >= 11 is 0. The van der Waals surface area contributed by atoms with Gasteiger partial charge in [0, 0.05) is 30.7 Å². The van der Waals surface area contributed by atoms with Crippen LogP contribution in [0.1, 0.15) is 43.2 Å². The lowest BCUT2D eigenvalue weighted by atomic mass is 9.82. The third-order valence-electron chi connectivity index (χ3n) is 5.34. The molecular weight excluding hydrogens is 312 g/mol. The van der Waals surface area contributed by atoms with Gasteiger partial charge in [0.25, 0.3) is 6.43 Å². The molecule has 0 unspecified atom stereocenters. The van der Waals surface area contributed by atoms with E-state index in [1.54, 1.807) is 17.0 Å². The van der Waals surface area contributed by atoms with E-state index in [1.807, 2.05) is 0 Å². The average molecular weight is 335 g/mol. The minimum atomic E-state index is -2.47. The molecule has 1 aliphatic carbocycles. The quantitative estimate of drug-likeness (QED) is 0.733. The lowest BCUT2D eigenvalue weighted by Crippen LogP contribution is -2.42. The highest BCUT2D eigenvalue weighted by molar-refractivity contribution is 5.87. The maximum absolute atomic E-state index is 12.7. The molecule has 2 atom stereocenters. The van der Waals surface area contributed by atoms with Crippen LogP contribution in [0.4, 0.5) is 8.78 Å². The van der Waals surface area contributed by atoms with Gasteiger partial charge in [-0.15, -0.1) is 0 Å². The molecule has 1 saturated heterocycles. The smallest absolute Gasteiger partial charge is 0.263 e. The second-order valence-corrected chi connectivity index (χ2v) is 6.80. The van der Waals surface area contributed by atoms with Gasteiger partial charge < -0.3 is 9.64 Å². The first-order valence-corrected chi connectivity index (χ1v) is 8.44. The minimum absolute atomic E-state index is 0.000934. The van der Waals surface area contributed by atoms with Crippen LogP contribution in [0.3, 0.4) is 0 Å². The predicted molar refractivity (Wildman–Crippen MR) is 87.7 cm³/mol. The molecule has 1 aromatic carbocycles. The van der Waals surface area contributed by atoms with Gasteiger partial charge in [0.15, 0.2) is 0 Å². The summed E-state index contributed by atoms with van der Waals surface area (Å²) in [5.74, 6) is -0.125. The van der Waals surface area contributed by atoms with Gasteiger partial charge in [-0.2, -0.15) is 0 Å². The summed E-state index contributed by atoms with van der Waals surface area (Å²) in [5, 5.41) is 0. The Labute approximate surface area is 141 Å². The molecule has 3 rings (SSSR count). The molecule has 5 heteroatoms. The summed E-state index contributed by atoms with van der Waals surface area (Å²) in [6.07, 6.45) is 3.32. The summed E-state index contributed by atoms with van der Waals surface area (Å²) in [6.45, 7) is 5.39. The SMILES string of the molecule is C=CC(=O)N(Cc1ccc(C(F)F)cc1)C[C@]12CCC[C@H]1OCC2. The second-order valence-electron chi connectivity index (χ2n) is 6.80. The fourth-order valence-electron chi connectivity index (χ4n) is 4.03. The Morgan fingerprint density at radius 3 is 2.79 bits per heavy atom. The fourth-order valence-corrected chi connectivity index (χ4v) is 4.03. The van der Waals surface area contributed by atoms with Crippen LogP contribution >= 0.6 is 0 Å². The van der Waals surface area contributed by atoms with Crippen LogP contribution in [0.15, 0.2) is 36.9 Å². The number of benzene rings is 1. The lowest BCUT2D eigenvalue weighted by molar-refractivity contribution is -0.128. The lowest BCUT2D eigenvalue weighted by Gasteiger charge is -2.34. The molecule has 130 valence electrons. The summed E-state index contributed by atoms with van der Waals surface area (Å²) in [6, 6.07) is 6.18. The third-order valence-corrected chi connectivity index (χ3v) is 5.34. The molecule has 1 saturated carbocycles. The van der Waals surface area contributed by atoms with Crippen molar-refractivity contribution in [2.24, 2.45) is 5.41 Å². The van der Waals surface area contributed by atoms with Gasteiger partial charge >= 0.3 is 0 Å². The summed E-state index contributed by atoms with van der Waals surface area (Å²) in [4.78, 5) is 14.1. The van der Waals surface area contributed by atoms with Crippen molar-refractivity contribution in [3.8, 4) is 0 Å². The first-order valence-electron chi connectivity index (χ1n) is 8.44. The number of hydrogen-bond donors (Lipinski definition) is 0. The molecular formula is C19H23F2NO2. The number of hydrogen-bond acceptors (Lipinski definition) is 2. The van der Waals surface area contributed by atoms with Crippen LogP contribution in [0, 0.1) is 5.41 Å². The summed E-state index contributed by atoms with van der Waals surface area (Å²) in [5.41, 5.74) is 0.889. The molecule has 3 nitrogen and oxygen atoms in total. The first kappa shape index (κ1) is 17.1. The van der Waals surface area contributed by atoms with E-state index in [0.29, 0.717) is 13.1 Å². The van der Waals surface area contributed by atoms with Crippen LogP contribution in [-0.2, 0) is 16.1 Å². The predicted octanol–water partition coefficient (Wildman–Crippen LogP) is 4.10. The number of rotatable bonds is 6. The van der Waals surface area contributed by atoms with Crippen LogP contribution in [-0.4, -0.2) is 30.1 Å². The topological polar surface area (TPSA) is 29.5 Å². The van der Waals surface area contributed by atoms with E-state index in [9.17, 15) is 13.6 Å². The van der Waals surface area contributed by atoms with Crippen molar-refractivity contribution in [1.82, 2.24) is 4.90 Å². The molecule has 0 bridgehead atoms. The molecule has 1 aliphatic heterocycles. The van der Waals surface area contributed by atoms with Crippen molar-refractivity contribution in [2.75, 3.05) is 13.2 Å². The van der Waals surface area contributed by atoms with Crippen molar-refractivity contribution in [3.63, 3.8) is 0 Å². The fraction of sp³-hybridized carbons (Fsp3) is 0.526. The number of carbonyl (C=O) groups excluding carboxylic acids is 1. The van der Waals surface area contributed by atoms with Gasteiger partial charge in [-0.25, -0.2) is 8.78 Å². The van der Waals surface area contributed by atoms with Gasteiger partial charge in [0.05, 0.1) is 6.10 Å². The average Bonchev–Trinajstić information content (AvgIpc) is 3.13. The van der Waals surface area contributed by atoms with Crippen molar-refractivity contribution in [3.05, 3.63) is 48.0 Å². The Morgan fingerprint density at radius 1 is 1.38 bits per heavy atom. The standard InChI is InChI=1S/C19H23F2NO2/c1-2-17(23)22(12-14-5-7-15(8-6-14)18(20)21)13-19-9-3-4-16(19)24-11-10-19/h2,5-8,16,18H,1,3-4,9-13H2/t16-,19-/m1/s1. The molecule has 0 spiro atoms. The number of ether oxygens (including phenoxy) is 1. The number of nitrogens with zero attached hydrogens (tertiary/aromatic N) is 1. The van der Waals surface area contributed by atoms with Gasteiger partial charge in [0.2, 0.25) is 5.91 Å². The maximum Gasteiger partial charge on any atom is 0.263 e. The van der Waals surface area contributed by atoms with Crippen molar-refractivity contribution >= 4 is 5.91 Å². The Bertz CT molecular complexity index is 590. The van der Waals surface area contributed by atoms with E-state index in [1.165, 1.54) is 18.2 Å². The number of amides is 1. The third kappa shape index (κ3) is 3.36. The molecule has 0 radical (unpaired) electrons. The molecule has 24 heavy (non-hydrogen) atoms. The van der Waals surface area contributed by atoms with E-state index in [4.69, 9.17) is 4.74 Å². The molecule has 1 aromatic rings. The van der Waals surface area contributed by atoms with Gasteiger partial charge in [-0.1, -0.05) is 37.3 Å². The number of alkyl halides is 2. The van der Waals surface area contributed by atoms with Crippen LogP contribution in [0.2, 0.25) is 0 Å². The van der Waals surface area contributed by atoms with Gasteiger partial charge in [-0.3, -0.25) is 4.79 Å². The normalized spacial score (nSPS) is 25.7. The van der Waals surface area contributed by atoms with Crippen LogP contribution < -0.4 is 0 Å². The van der Waals surface area contributed by atoms with Crippen molar-refractivity contribution in [2.45, 2.75) is 44.8 Å². The Hall–Kier alpha value is -1.75.